The number of anilines is 2. The van der Waals surface area contributed by atoms with Crippen LogP contribution in [0.1, 0.15) is 101 Å². The Balaban J connectivity index is 1.25. The fourth-order valence-corrected chi connectivity index (χ4v) is 10.2. The van der Waals surface area contributed by atoms with Crippen molar-refractivity contribution in [3.63, 3.8) is 0 Å². The molecular weight excluding hydrogens is 719 g/mol. The second kappa shape index (κ2) is 15.5. The lowest BCUT2D eigenvalue weighted by atomic mass is 9.66. The lowest BCUT2D eigenvalue weighted by Crippen LogP contribution is -2.59. The Morgan fingerprint density at radius 3 is 2.51 bits per heavy atom. The first-order valence-electron chi connectivity index (χ1n) is 21.0. The zero-order valence-electron chi connectivity index (χ0n) is 34.6. The Hall–Kier alpha value is -4.23. The number of phenols is 1. The van der Waals surface area contributed by atoms with Crippen LogP contribution < -0.4 is 21.0 Å². The Kier molecular flexibility index (Phi) is 10.8. The Bertz CT molecular complexity index is 1990. The molecule has 0 radical (unpaired) electrons. The number of nitrogens with two attached hydrogens (primary N) is 1. The number of esters is 1. The van der Waals surface area contributed by atoms with E-state index in [4.69, 9.17) is 20.2 Å². The summed E-state index contributed by atoms with van der Waals surface area (Å²) in [5.41, 5.74) is 16.8. The van der Waals surface area contributed by atoms with E-state index in [2.05, 4.69) is 79.0 Å². The molecule has 5 atom stereocenters. The summed E-state index contributed by atoms with van der Waals surface area (Å²) in [5, 5.41) is 12.5. The molecule has 5 aliphatic rings. The molecule has 12 nitrogen and oxygen atoms in total. The van der Waals surface area contributed by atoms with Crippen molar-refractivity contribution in [2.24, 2.45) is 11.1 Å². The molecule has 2 unspecified atom stereocenters. The van der Waals surface area contributed by atoms with Gasteiger partial charge in [-0.1, -0.05) is 32.9 Å². The van der Waals surface area contributed by atoms with Gasteiger partial charge in [0.1, 0.15) is 11.8 Å². The molecule has 12 heteroatoms. The second-order valence-electron chi connectivity index (χ2n) is 18.1. The number of nitrogens with zero attached hydrogens (tertiary/aromatic N) is 5. The summed E-state index contributed by atoms with van der Waals surface area (Å²) in [5.74, 6) is -0.542. The number of benzene rings is 2. The number of fused-ring (bicyclic) bond motifs is 6. The zero-order chi connectivity index (χ0) is 40.2. The van der Waals surface area contributed by atoms with E-state index in [1.165, 1.54) is 23.4 Å². The molecule has 3 aromatic rings. The number of hydrogen-bond acceptors (Lipinski definition) is 11. The van der Waals surface area contributed by atoms with Gasteiger partial charge in [-0.3, -0.25) is 24.5 Å². The third-order valence-corrected chi connectivity index (χ3v) is 13.2. The summed E-state index contributed by atoms with van der Waals surface area (Å²) in [6.07, 6.45) is 6.58. The van der Waals surface area contributed by atoms with Crippen molar-refractivity contribution >= 4 is 23.3 Å². The third kappa shape index (κ3) is 7.73. The van der Waals surface area contributed by atoms with E-state index in [0.29, 0.717) is 25.8 Å². The normalized spacial score (nSPS) is 27.5. The highest BCUT2D eigenvalue weighted by Gasteiger charge is 2.52. The van der Waals surface area contributed by atoms with Crippen LogP contribution in [0.4, 0.5) is 11.4 Å². The highest BCUT2D eigenvalue weighted by atomic mass is 16.5. The van der Waals surface area contributed by atoms with Gasteiger partial charge in [-0.25, -0.2) is 5.43 Å². The topological polar surface area (TPSA) is 137 Å². The first-order valence-corrected chi connectivity index (χ1v) is 21.0. The number of hydrazine groups is 1. The van der Waals surface area contributed by atoms with Crippen LogP contribution in [0.25, 0.3) is 11.1 Å². The molecule has 306 valence electrons. The van der Waals surface area contributed by atoms with Crippen LogP contribution in [0.3, 0.4) is 0 Å². The molecule has 3 fully saturated rings. The van der Waals surface area contributed by atoms with Gasteiger partial charge in [0.2, 0.25) is 0 Å². The minimum atomic E-state index is -0.864. The van der Waals surface area contributed by atoms with Crippen LogP contribution in [0.2, 0.25) is 0 Å². The number of ether oxygens (including phenoxy) is 2. The van der Waals surface area contributed by atoms with Crippen molar-refractivity contribution in [1.82, 2.24) is 20.3 Å². The number of piperazine rings is 1. The second-order valence-corrected chi connectivity index (χ2v) is 18.1. The summed E-state index contributed by atoms with van der Waals surface area (Å²) in [6, 6.07) is 13.6. The van der Waals surface area contributed by atoms with Gasteiger partial charge in [-0.2, -0.15) is 0 Å². The number of cyclic esters (lactones) is 1. The highest BCUT2D eigenvalue weighted by molar-refractivity contribution is 5.83. The molecule has 4 N–H and O–H groups in total. The molecule has 5 heterocycles. The van der Waals surface area contributed by atoms with Crippen LogP contribution in [-0.4, -0.2) is 103 Å². The molecule has 1 saturated carbocycles. The molecule has 6 bridgehead atoms. The molecule has 4 aliphatic heterocycles. The monoisotopic (exact) mass is 779 g/mol. The number of methoxy groups -OCH3 is 1. The van der Waals surface area contributed by atoms with E-state index in [0.717, 1.165) is 78.1 Å². The number of pyridine rings is 1. The number of aromatic nitrogens is 1. The smallest absolute Gasteiger partial charge is 0.324 e. The Morgan fingerprint density at radius 2 is 1.79 bits per heavy atom. The molecule has 2 saturated heterocycles. The zero-order valence-corrected chi connectivity index (χ0v) is 34.6. The summed E-state index contributed by atoms with van der Waals surface area (Å²) in [7, 11) is 1.75. The number of hydrogen-bond donors (Lipinski definition) is 3. The summed E-state index contributed by atoms with van der Waals surface area (Å²) in [4.78, 5) is 40.1. The van der Waals surface area contributed by atoms with Crippen molar-refractivity contribution < 1.29 is 24.2 Å². The summed E-state index contributed by atoms with van der Waals surface area (Å²) >= 11 is 0. The maximum absolute atomic E-state index is 13.7. The van der Waals surface area contributed by atoms with E-state index in [1.807, 2.05) is 12.3 Å². The average molecular weight is 780 g/mol. The van der Waals surface area contributed by atoms with E-state index in [1.54, 1.807) is 19.2 Å². The van der Waals surface area contributed by atoms with Crippen LogP contribution in [-0.2, 0) is 30.9 Å². The number of likely N-dealkylation sites (N-methyl/N-ethyl adjacent to an activating group) is 1. The van der Waals surface area contributed by atoms with E-state index in [-0.39, 0.29) is 42.8 Å². The Labute approximate surface area is 337 Å². The maximum Gasteiger partial charge on any atom is 0.324 e. The van der Waals surface area contributed by atoms with Gasteiger partial charge >= 0.3 is 5.97 Å². The third-order valence-electron chi connectivity index (χ3n) is 13.2. The van der Waals surface area contributed by atoms with Crippen molar-refractivity contribution in [3.05, 3.63) is 71.0 Å². The maximum atomic E-state index is 13.7. The van der Waals surface area contributed by atoms with Gasteiger partial charge in [0.25, 0.3) is 5.91 Å². The lowest BCUT2D eigenvalue weighted by Gasteiger charge is -2.43. The van der Waals surface area contributed by atoms with Crippen LogP contribution in [0, 0.1) is 5.41 Å². The molecule has 57 heavy (non-hydrogen) atoms. The molecule has 1 aromatic heterocycles. The average Bonchev–Trinajstić information content (AvgIpc) is 4.03. The first-order chi connectivity index (χ1) is 27.3. The number of carbonyl (C=O) groups excluding carboxylic acids is 2. The number of nitrogens with one attached hydrogen (secondary N) is 1. The molecule has 1 aliphatic carbocycles. The highest BCUT2D eigenvalue weighted by Crippen LogP contribution is 2.59. The van der Waals surface area contributed by atoms with Crippen molar-refractivity contribution in [3.8, 4) is 16.9 Å². The fourth-order valence-electron chi connectivity index (χ4n) is 10.2. The van der Waals surface area contributed by atoms with Crippen molar-refractivity contribution in [1.29, 1.82) is 0 Å². The molecule has 1 amide bonds. The number of phenolic OH excluding ortho intramolecular Hbond substituents is 1. The van der Waals surface area contributed by atoms with Crippen molar-refractivity contribution in [2.75, 3.05) is 62.8 Å². The number of aromatic hydroxyl groups is 1. The quantitative estimate of drug-likeness (QED) is 0.269. The first kappa shape index (κ1) is 39.6. The molecule has 8 rings (SSSR count). The van der Waals surface area contributed by atoms with Gasteiger partial charge in [-0.15, -0.1) is 0 Å². The van der Waals surface area contributed by atoms with Crippen LogP contribution >= 0.6 is 0 Å². The molecule has 2 aromatic carbocycles. The van der Waals surface area contributed by atoms with Gasteiger partial charge < -0.3 is 30.1 Å². The van der Waals surface area contributed by atoms with Gasteiger partial charge in [0.05, 0.1) is 42.4 Å². The van der Waals surface area contributed by atoms with E-state index in [9.17, 15) is 14.7 Å². The summed E-state index contributed by atoms with van der Waals surface area (Å²) in [6.45, 7) is 16.5. The standard InChI is InChI=1S/C45H61N7O5/c1-7-51-39-13-10-30-23-36(39)45(5,41(51)35-24-33(25-47-40(35)28(2)56-6)50-17-15-49(16-18-50)32-11-12-32)26-44(3,4)27-57-43(55)38-9-8-14-52(48-38)42(54)37(46)21-29-19-31(30)22-34(53)20-29/h10,13,19-20,22-25,28,32,37-38,41,48,53H,7-9,11-12,14-18,21,26-27,46H2,1-6H3/t28-,37-,38-,41?,45?/m0/s1. The molecular formula is C45H61N7O5. The predicted molar refractivity (Wildman–Crippen MR) is 222 cm³/mol. The van der Waals surface area contributed by atoms with Crippen LogP contribution in [0.15, 0.2) is 48.7 Å². The fraction of sp³-hybridized carbons (Fsp3) is 0.578. The molecule has 0 spiro atoms. The van der Waals surface area contributed by atoms with Gasteiger partial charge in [0.15, 0.2) is 0 Å². The lowest BCUT2D eigenvalue weighted by molar-refractivity contribution is -0.155. The number of rotatable bonds is 6. The summed E-state index contributed by atoms with van der Waals surface area (Å²) < 4.78 is 12.2. The predicted octanol–water partition coefficient (Wildman–Crippen LogP) is 5.62. The minimum Gasteiger partial charge on any atom is -0.508 e. The van der Waals surface area contributed by atoms with Crippen molar-refractivity contribution in [2.45, 2.75) is 109 Å². The number of carbonyl (C=O) groups is 2. The Morgan fingerprint density at radius 1 is 1.02 bits per heavy atom. The number of amides is 1. The SMILES string of the molecule is CCN1c2ccc3cc2C(C)(CC(C)(C)COC(=O)[C@@H]2CCCN(N2)C(=O)[C@@H](N)Cc2cc(O)cc-3c2)C1c1cc(N2CCN(C3CC3)CC2)cnc1[C@H](C)OC. The van der Waals surface area contributed by atoms with E-state index < -0.39 is 22.9 Å². The van der Waals surface area contributed by atoms with Gasteiger partial charge in [-0.05, 0) is 110 Å². The largest absolute Gasteiger partial charge is 0.508 e. The van der Waals surface area contributed by atoms with Gasteiger partial charge in [0, 0.05) is 69.1 Å². The minimum absolute atomic E-state index is 0.113. The van der Waals surface area contributed by atoms with Crippen LogP contribution in [0.5, 0.6) is 5.75 Å². The van der Waals surface area contributed by atoms with E-state index >= 15 is 0 Å².